The Morgan fingerprint density at radius 2 is 1.60 bits per heavy atom. The smallest absolute Gasteiger partial charge is 0.181 e. The van der Waals surface area contributed by atoms with E-state index in [2.05, 4.69) is 55.5 Å². The lowest BCUT2D eigenvalue weighted by Crippen LogP contribution is -2.34. The van der Waals surface area contributed by atoms with E-state index in [4.69, 9.17) is 9.73 Å². The van der Waals surface area contributed by atoms with Crippen molar-refractivity contribution in [3.05, 3.63) is 71.8 Å². The summed E-state index contributed by atoms with van der Waals surface area (Å²) in [6.45, 7) is 4.10. The monoisotopic (exact) mass is 265 g/mol. The normalized spacial score (nSPS) is 25.1. The maximum absolute atomic E-state index is 5.99. The Hall–Kier alpha value is -2.09. The van der Waals surface area contributed by atoms with Gasteiger partial charge in [-0.25, -0.2) is 4.99 Å². The first kappa shape index (κ1) is 12.9. The SMILES string of the molecule is CC1=N[C@](C)(c2ccccc2)[C@@H](Cc2ccccc2)O1. The maximum Gasteiger partial charge on any atom is 0.181 e. The highest BCUT2D eigenvalue weighted by molar-refractivity contribution is 5.76. The van der Waals surface area contributed by atoms with Gasteiger partial charge in [-0.3, -0.25) is 0 Å². The van der Waals surface area contributed by atoms with Crippen molar-refractivity contribution in [3.63, 3.8) is 0 Å². The van der Waals surface area contributed by atoms with Crippen LogP contribution in [0.3, 0.4) is 0 Å². The minimum Gasteiger partial charge on any atom is -0.475 e. The molecule has 0 spiro atoms. The average Bonchev–Trinajstić information content (AvgIpc) is 2.76. The maximum atomic E-state index is 5.99. The van der Waals surface area contributed by atoms with Gasteiger partial charge in [0.15, 0.2) is 5.90 Å². The topological polar surface area (TPSA) is 21.6 Å². The van der Waals surface area contributed by atoms with Crippen LogP contribution in [0, 0.1) is 0 Å². The van der Waals surface area contributed by atoms with Crippen LogP contribution >= 0.6 is 0 Å². The molecular formula is C18H19NO. The van der Waals surface area contributed by atoms with E-state index in [-0.39, 0.29) is 11.6 Å². The zero-order valence-electron chi connectivity index (χ0n) is 11.9. The van der Waals surface area contributed by atoms with Crippen molar-refractivity contribution in [2.24, 2.45) is 4.99 Å². The van der Waals surface area contributed by atoms with Crippen molar-refractivity contribution in [2.75, 3.05) is 0 Å². The van der Waals surface area contributed by atoms with E-state index in [9.17, 15) is 0 Å². The number of benzene rings is 2. The summed E-state index contributed by atoms with van der Waals surface area (Å²) in [5.74, 6) is 0.775. The van der Waals surface area contributed by atoms with E-state index in [1.54, 1.807) is 0 Å². The van der Waals surface area contributed by atoms with Gasteiger partial charge in [-0.05, 0) is 18.1 Å². The molecule has 0 bridgehead atoms. The minimum absolute atomic E-state index is 0.0484. The van der Waals surface area contributed by atoms with E-state index >= 15 is 0 Å². The Kier molecular flexibility index (Phi) is 3.31. The van der Waals surface area contributed by atoms with Gasteiger partial charge in [-0.1, -0.05) is 60.7 Å². The highest BCUT2D eigenvalue weighted by Crippen LogP contribution is 2.37. The van der Waals surface area contributed by atoms with Gasteiger partial charge >= 0.3 is 0 Å². The molecule has 0 saturated carbocycles. The van der Waals surface area contributed by atoms with Crippen LogP contribution in [0.1, 0.15) is 25.0 Å². The van der Waals surface area contributed by atoms with Gasteiger partial charge in [-0.2, -0.15) is 0 Å². The zero-order valence-corrected chi connectivity index (χ0v) is 11.9. The summed E-state index contributed by atoms with van der Waals surface area (Å²) in [6.07, 6.45) is 0.917. The molecule has 1 aliphatic heterocycles. The summed E-state index contributed by atoms with van der Waals surface area (Å²) in [5.41, 5.74) is 2.18. The molecular weight excluding hydrogens is 246 g/mol. The van der Waals surface area contributed by atoms with Crippen LogP contribution in [0.4, 0.5) is 0 Å². The predicted molar refractivity (Wildman–Crippen MR) is 81.9 cm³/mol. The van der Waals surface area contributed by atoms with Crippen LogP contribution in [0.5, 0.6) is 0 Å². The Morgan fingerprint density at radius 3 is 2.25 bits per heavy atom. The Balaban J connectivity index is 1.91. The molecule has 0 amide bonds. The van der Waals surface area contributed by atoms with Crippen molar-refractivity contribution in [1.29, 1.82) is 0 Å². The lowest BCUT2D eigenvalue weighted by Gasteiger charge is -2.28. The number of hydrogen-bond donors (Lipinski definition) is 0. The number of ether oxygens (including phenoxy) is 1. The summed E-state index contributed by atoms with van der Waals surface area (Å²) in [4.78, 5) is 4.76. The van der Waals surface area contributed by atoms with Crippen molar-refractivity contribution < 1.29 is 4.74 Å². The average molecular weight is 265 g/mol. The van der Waals surface area contributed by atoms with Gasteiger partial charge in [-0.15, -0.1) is 0 Å². The first-order chi connectivity index (χ1) is 9.68. The lowest BCUT2D eigenvalue weighted by atomic mass is 9.84. The van der Waals surface area contributed by atoms with Crippen LogP contribution in [0.2, 0.25) is 0 Å². The second-order valence-corrected chi connectivity index (χ2v) is 5.44. The molecule has 0 saturated heterocycles. The number of nitrogens with zero attached hydrogens (tertiary/aromatic N) is 1. The molecule has 0 aromatic heterocycles. The van der Waals surface area contributed by atoms with Gasteiger partial charge in [0.05, 0.1) is 0 Å². The molecule has 0 N–H and O–H groups in total. The number of rotatable bonds is 3. The van der Waals surface area contributed by atoms with Crippen molar-refractivity contribution in [3.8, 4) is 0 Å². The Labute approximate surface area is 120 Å². The van der Waals surface area contributed by atoms with E-state index in [1.165, 1.54) is 11.1 Å². The molecule has 0 radical (unpaired) electrons. The largest absolute Gasteiger partial charge is 0.475 e. The fourth-order valence-corrected chi connectivity index (χ4v) is 2.84. The quantitative estimate of drug-likeness (QED) is 0.823. The first-order valence-electron chi connectivity index (χ1n) is 7.01. The molecule has 2 aromatic rings. The molecule has 0 unspecified atom stereocenters. The first-order valence-corrected chi connectivity index (χ1v) is 7.01. The van der Waals surface area contributed by atoms with E-state index in [0.717, 1.165) is 12.3 Å². The van der Waals surface area contributed by atoms with Gasteiger partial charge in [0, 0.05) is 13.3 Å². The second kappa shape index (κ2) is 5.12. The molecule has 2 atom stereocenters. The third-order valence-corrected chi connectivity index (χ3v) is 3.95. The van der Waals surface area contributed by atoms with Gasteiger partial charge in [0.2, 0.25) is 0 Å². The van der Waals surface area contributed by atoms with Crippen LogP contribution in [-0.2, 0) is 16.7 Å². The highest BCUT2D eigenvalue weighted by Gasteiger charge is 2.42. The minimum atomic E-state index is -0.304. The van der Waals surface area contributed by atoms with Crippen molar-refractivity contribution in [2.45, 2.75) is 31.9 Å². The van der Waals surface area contributed by atoms with E-state index < -0.39 is 0 Å². The van der Waals surface area contributed by atoms with Crippen LogP contribution in [0.25, 0.3) is 0 Å². The number of aliphatic imine (C=N–C) groups is 1. The van der Waals surface area contributed by atoms with Gasteiger partial charge in [0.25, 0.3) is 0 Å². The van der Waals surface area contributed by atoms with Crippen molar-refractivity contribution >= 4 is 5.90 Å². The summed E-state index contributed by atoms with van der Waals surface area (Å²) in [6, 6.07) is 20.9. The third-order valence-electron chi connectivity index (χ3n) is 3.95. The Bertz CT molecular complexity index is 606. The molecule has 1 aliphatic rings. The van der Waals surface area contributed by atoms with Gasteiger partial charge in [0.1, 0.15) is 11.6 Å². The molecule has 3 rings (SSSR count). The van der Waals surface area contributed by atoms with Crippen LogP contribution in [-0.4, -0.2) is 12.0 Å². The molecule has 0 aliphatic carbocycles. The van der Waals surface area contributed by atoms with Crippen LogP contribution in [0.15, 0.2) is 65.7 Å². The van der Waals surface area contributed by atoms with E-state index in [1.807, 2.05) is 19.1 Å². The molecule has 102 valence electrons. The zero-order chi connectivity index (χ0) is 14.0. The summed E-state index contributed by atoms with van der Waals surface area (Å²) in [5, 5.41) is 0. The predicted octanol–water partition coefficient (Wildman–Crippen LogP) is 3.96. The Morgan fingerprint density at radius 1 is 1.00 bits per heavy atom. The summed E-state index contributed by atoms with van der Waals surface area (Å²) >= 11 is 0. The lowest BCUT2D eigenvalue weighted by molar-refractivity contribution is 0.144. The molecule has 2 nitrogen and oxygen atoms in total. The second-order valence-electron chi connectivity index (χ2n) is 5.44. The molecule has 20 heavy (non-hydrogen) atoms. The third kappa shape index (κ3) is 2.34. The van der Waals surface area contributed by atoms with Gasteiger partial charge < -0.3 is 4.74 Å². The highest BCUT2D eigenvalue weighted by atomic mass is 16.5. The molecule has 0 fully saturated rings. The molecule has 1 heterocycles. The summed E-state index contributed by atoms with van der Waals surface area (Å²) < 4.78 is 5.99. The fraction of sp³-hybridized carbons (Fsp3) is 0.278. The molecule has 2 aromatic carbocycles. The standard InChI is InChI=1S/C18H19NO/c1-14-19-18(2,16-11-7-4-8-12-16)17(20-14)13-15-9-5-3-6-10-15/h3-12,17H,13H2,1-2H3/t17-,18-/m1/s1. The van der Waals surface area contributed by atoms with Crippen molar-refractivity contribution in [1.82, 2.24) is 0 Å². The fourth-order valence-electron chi connectivity index (χ4n) is 2.84. The van der Waals surface area contributed by atoms with Crippen LogP contribution < -0.4 is 0 Å². The van der Waals surface area contributed by atoms with E-state index in [0.29, 0.717) is 0 Å². The number of hydrogen-bond acceptors (Lipinski definition) is 2. The molecule has 2 heteroatoms. The summed E-state index contributed by atoms with van der Waals surface area (Å²) in [7, 11) is 0.